The first kappa shape index (κ1) is 23.9. The number of carbonyl (C=O) groups excluding carboxylic acids is 1. The summed E-state index contributed by atoms with van der Waals surface area (Å²) < 4.78 is 33.5. The van der Waals surface area contributed by atoms with Crippen molar-refractivity contribution in [3.05, 3.63) is 81.8 Å². The average molecular weight is 493 g/mol. The Morgan fingerprint density at radius 1 is 1.03 bits per heavy atom. The number of carbonyl (C=O) groups is 1. The van der Waals surface area contributed by atoms with Crippen molar-refractivity contribution >= 4 is 50.5 Å². The van der Waals surface area contributed by atoms with Gasteiger partial charge in [0.15, 0.2) is 0 Å². The van der Waals surface area contributed by atoms with Gasteiger partial charge in [-0.05, 0) is 61.9 Å². The van der Waals surface area contributed by atoms with E-state index >= 15 is 0 Å². The van der Waals surface area contributed by atoms with Gasteiger partial charge < -0.3 is 10.1 Å². The molecule has 0 atom stereocenters. The number of halogens is 2. The quantitative estimate of drug-likeness (QED) is 0.475. The number of sulfonamides is 1. The molecule has 0 unspecified atom stereocenters. The van der Waals surface area contributed by atoms with Gasteiger partial charge in [0, 0.05) is 15.7 Å². The second kappa shape index (κ2) is 9.81. The molecule has 0 saturated carbocycles. The maximum absolute atomic E-state index is 13.6. The van der Waals surface area contributed by atoms with Crippen molar-refractivity contribution in [2.75, 3.05) is 23.3 Å². The van der Waals surface area contributed by atoms with Crippen LogP contribution in [0.5, 0.6) is 5.75 Å². The van der Waals surface area contributed by atoms with E-state index in [4.69, 9.17) is 27.9 Å². The molecule has 0 aliphatic carbocycles. The number of methoxy groups -OCH3 is 1. The van der Waals surface area contributed by atoms with Crippen molar-refractivity contribution in [2.24, 2.45) is 0 Å². The van der Waals surface area contributed by atoms with Crippen LogP contribution in [-0.2, 0) is 14.8 Å². The van der Waals surface area contributed by atoms with Crippen LogP contribution < -0.4 is 14.4 Å². The normalized spacial score (nSPS) is 11.2. The van der Waals surface area contributed by atoms with Crippen molar-refractivity contribution in [3.8, 4) is 5.75 Å². The standard InChI is InChI=1S/C23H22Cl2N2O4S/c1-15-7-10-18(11-8-15)32(29,30)27(21-13-17(24)9-12-22(21)31-3)14-23(28)26-20-6-4-5-19(25)16(20)2/h4-13H,14H2,1-3H3,(H,26,28). The number of hydrogen-bond donors (Lipinski definition) is 1. The molecule has 3 aromatic rings. The Hall–Kier alpha value is -2.74. The second-order valence-electron chi connectivity index (χ2n) is 7.10. The number of amides is 1. The lowest BCUT2D eigenvalue weighted by molar-refractivity contribution is -0.114. The Morgan fingerprint density at radius 2 is 1.72 bits per heavy atom. The van der Waals surface area contributed by atoms with Crippen LogP contribution in [0.15, 0.2) is 65.6 Å². The molecule has 0 aromatic heterocycles. The third-order valence-electron chi connectivity index (χ3n) is 4.85. The lowest BCUT2D eigenvalue weighted by Gasteiger charge is -2.26. The van der Waals surface area contributed by atoms with Crippen LogP contribution in [0, 0.1) is 13.8 Å². The molecule has 3 aromatic carbocycles. The Morgan fingerprint density at radius 3 is 2.38 bits per heavy atom. The first-order valence-corrected chi connectivity index (χ1v) is 11.8. The molecule has 0 bridgehead atoms. The summed E-state index contributed by atoms with van der Waals surface area (Å²) in [5.41, 5.74) is 2.23. The summed E-state index contributed by atoms with van der Waals surface area (Å²) in [4.78, 5) is 13.0. The predicted molar refractivity (Wildman–Crippen MR) is 129 cm³/mol. The summed E-state index contributed by atoms with van der Waals surface area (Å²) in [6.07, 6.45) is 0. The Labute approximate surface area is 197 Å². The zero-order valence-corrected chi connectivity index (χ0v) is 20.1. The van der Waals surface area contributed by atoms with E-state index in [0.717, 1.165) is 9.87 Å². The number of nitrogens with zero attached hydrogens (tertiary/aromatic N) is 1. The second-order valence-corrected chi connectivity index (χ2v) is 9.81. The number of ether oxygens (including phenoxy) is 1. The third kappa shape index (κ3) is 5.18. The Bertz CT molecular complexity index is 1250. The van der Waals surface area contributed by atoms with Gasteiger partial charge >= 0.3 is 0 Å². The zero-order valence-electron chi connectivity index (χ0n) is 17.7. The predicted octanol–water partition coefficient (Wildman–Crippen LogP) is 5.45. The van der Waals surface area contributed by atoms with Crippen molar-refractivity contribution < 1.29 is 17.9 Å². The lowest BCUT2D eigenvalue weighted by Crippen LogP contribution is -2.38. The topological polar surface area (TPSA) is 75.7 Å². The molecule has 1 N–H and O–H groups in total. The van der Waals surface area contributed by atoms with Crippen LogP contribution in [0.4, 0.5) is 11.4 Å². The number of aryl methyl sites for hydroxylation is 1. The number of hydrogen-bond acceptors (Lipinski definition) is 4. The molecule has 0 saturated heterocycles. The highest BCUT2D eigenvalue weighted by Crippen LogP contribution is 2.35. The molecule has 0 aliphatic rings. The fourth-order valence-electron chi connectivity index (χ4n) is 3.06. The molecular weight excluding hydrogens is 471 g/mol. The molecule has 3 rings (SSSR count). The van der Waals surface area contributed by atoms with Crippen molar-refractivity contribution in [1.82, 2.24) is 0 Å². The van der Waals surface area contributed by atoms with E-state index in [1.165, 1.54) is 25.3 Å². The minimum Gasteiger partial charge on any atom is -0.495 e. The molecule has 32 heavy (non-hydrogen) atoms. The summed E-state index contributed by atoms with van der Waals surface area (Å²) in [5, 5.41) is 3.52. The summed E-state index contributed by atoms with van der Waals surface area (Å²) in [6, 6.07) is 16.0. The molecule has 0 spiro atoms. The highest BCUT2D eigenvalue weighted by molar-refractivity contribution is 7.92. The van der Waals surface area contributed by atoms with Crippen molar-refractivity contribution in [3.63, 3.8) is 0 Å². The maximum Gasteiger partial charge on any atom is 0.264 e. The van der Waals surface area contributed by atoms with Gasteiger partial charge in [-0.3, -0.25) is 9.10 Å². The van der Waals surface area contributed by atoms with Gasteiger partial charge in [-0.15, -0.1) is 0 Å². The summed E-state index contributed by atoms with van der Waals surface area (Å²) in [7, 11) is -2.70. The highest BCUT2D eigenvalue weighted by atomic mass is 35.5. The smallest absolute Gasteiger partial charge is 0.264 e. The number of rotatable bonds is 7. The molecule has 0 aliphatic heterocycles. The third-order valence-corrected chi connectivity index (χ3v) is 7.27. The average Bonchev–Trinajstić information content (AvgIpc) is 2.75. The lowest BCUT2D eigenvalue weighted by atomic mass is 10.2. The minimum atomic E-state index is -4.12. The SMILES string of the molecule is COc1ccc(Cl)cc1N(CC(=O)Nc1cccc(Cl)c1C)S(=O)(=O)c1ccc(C)cc1. The summed E-state index contributed by atoms with van der Waals surface area (Å²) in [5.74, 6) is -0.287. The van der Waals surface area contributed by atoms with Gasteiger partial charge in [0.1, 0.15) is 12.3 Å². The molecule has 168 valence electrons. The van der Waals surface area contributed by atoms with Crippen molar-refractivity contribution in [1.29, 1.82) is 0 Å². The molecular formula is C23H22Cl2N2O4S. The van der Waals surface area contributed by atoms with E-state index in [2.05, 4.69) is 5.32 Å². The summed E-state index contributed by atoms with van der Waals surface area (Å²) >= 11 is 12.3. The first-order chi connectivity index (χ1) is 15.1. The van der Waals surface area contributed by atoms with E-state index in [0.29, 0.717) is 21.3 Å². The van der Waals surface area contributed by atoms with E-state index in [9.17, 15) is 13.2 Å². The van der Waals surface area contributed by atoms with Gasteiger partial charge in [0.25, 0.3) is 10.0 Å². The zero-order chi connectivity index (χ0) is 23.5. The molecule has 6 nitrogen and oxygen atoms in total. The molecule has 0 heterocycles. The minimum absolute atomic E-state index is 0.0388. The Kier molecular flexibility index (Phi) is 7.33. The van der Waals surface area contributed by atoms with E-state index in [-0.39, 0.29) is 16.3 Å². The summed E-state index contributed by atoms with van der Waals surface area (Å²) in [6.45, 7) is 3.12. The van der Waals surface area contributed by atoms with Crippen LogP contribution in [0.25, 0.3) is 0 Å². The van der Waals surface area contributed by atoms with Gasteiger partial charge in [-0.2, -0.15) is 0 Å². The fourth-order valence-corrected chi connectivity index (χ4v) is 4.82. The first-order valence-electron chi connectivity index (χ1n) is 9.61. The number of nitrogens with one attached hydrogen (secondary N) is 1. The number of anilines is 2. The molecule has 1 amide bonds. The van der Waals surface area contributed by atoms with E-state index in [1.54, 1.807) is 49.4 Å². The van der Waals surface area contributed by atoms with Crippen LogP contribution in [0.3, 0.4) is 0 Å². The van der Waals surface area contributed by atoms with Gasteiger partial charge in [0.05, 0.1) is 17.7 Å². The van der Waals surface area contributed by atoms with Gasteiger partial charge in [-0.1, -0.05) is 47.0 Å². The van der Waals surface area contributed by atoms with Crippen molar-refractivity contribution in [2.45, 2.75) is 18.7 Å². The van der Waals surface area contributed by atoms with Crippen LogP contribution in [0.2, 0.25) is 10.0 Å². The molecule has 9 heteroatoms. The Balaban J connectivity index is 2.05. The van der Waals surface area contributed by atoms with Gasteiger partial charge in [0.2, 0.25) is 5.91 Å². The highest BCUT2D eigenvalue weighted by Gasteiger charge is 2.30. The van der Waals surface area contributed by atoms with Crippen LogP contribution in [-0.4, -0.2) is 28.0 Å². The maximum atomic E-state index is 13.6. The fraction of sp³-hybridized carbons (Fsp3) is 0.174. The van der Waals surface area contributed by atoms with E-state index < -0.39 is 22.5 Å². The van der Waals surface area contributed by atoms with E-state index in [1.807, 2.05) is 6.92 Å². The van der Waals surface area contributed by atoms with Gasteiger partial charge in [-0.25, -0.2) is 8.42 Å². The van der Waals surface area contributed by atoms with Crippen LogP contribution >= 0.6 is 23.2 Å². The molecule has 0 radical (unpaired) electrons. The monoisotopic (exact) mass is 492 g/mol. The molecule has 0 fully saturated rings. The number of benzene rings is 3. The largest absolute Gasteiger partial charge is 0.495 e. The van der Waals surface area contributed by atoms with Crippen LogP contribution in [0.1, 0.15) is 11.1 Å².